The van der Waals surface area contributed by atoms with Crippen LogP contribution in [-0.4, -0.2) is 62.8 Å². The van der Waals surface area contributed by atoms with Crippen molar-refractivity contribution in [2.24, 2.45) is 22.9 Å². The standard InChI is InChI=1S/C22H36N4O4S/c1-16(2)13-26(14-17(3)4)21(27)15-25-11-9-18(10-12-25)22(28)24-19-5-7-20(8-6-19)31(23,29)30/h5-8,16-18H,9-15H2,1-4H3,(H,24,28)(H2,23,29,30). The molecule has 2 rings (SSSR count). The maximum atomic E-state index is 12.8. The molecule has 0 aromatic heterocycles. The van der Waals surface area contributed by atoms with Crippen molar-refractivity contribution in [1.29, 1.82) is 0 Å². The summed E-state index contributed by atoms with van der Waals surface area (Å²) in [4.78, 5) is 29.5. The van der Waals surface area contributed by atoms with Gasteiger partial charge in [-0.1, -0.05) is 27.7 Å². The molecule has 0 bridgehead atoms. The monoisotopic (exact) mass is 452 g/mol. The van der Waals surface area contributed by atoms with Crippen molar-refractivity contribution in [1.82, 2.24) is 9.80 Å². The smallest absolute Gasteiger partial charge is 0.238 e. The van der Waals surface area contributed by atoms with E-state index in [1.807, 2.05) is 4.90 Å². The topological polar surface area (TPSA) is 113 Å². The molecule has 2 amide bonds. The summed E-state index contributed by atoms with van der Waals surface area (Å²) in [6.45, 7) is 11.8. The maximum absolute atomic E-state index is 12.8. The SMILES string of the molecule is CC(C)CN(CC(C)C)C(=O)CN1CCC(C(=O)Nc2ccc(S(N)(=O)=O)cc2)CC1. The lowest BCUT2D eigenvalue weighted by atomic mass is 9.95. The predicted octanol–water partition coefficient (Wildman–Crippen LogP) is 2.13. The molecule has 1 aliphatic heterocycles. The second-order valence-electron chi connectivity index (χ2n) is 9.20. The molecular weight excluding hydrogens is 416 g/mol. The molecule has 0 aliphatic carbocycles. The summed E-state index contributed by atoms with van der Waals surface area (Å²) in [7, 11) is -3.75. The van der Waals surface area contributed by atoms with Crippen molar-refractivity contribution in [2.45, 2.75) is 45.4 Å². The Balaban J connectivity index is 1.84. The highest BCUT2D eigenvalue weighted by Crippen LogP contribution is 2.20. The van der Waals surface area contributed by atoms with Crippen LogP contribution in [0.4, 0.5) is 5.69 Å². The number of anilines is 1. The molecular formula is C22H36N4O4S. The van der Waals surface area contributed by atoms with Crippen molar-refractivity contribution >= 4 is 27.5 Å². The van der Waals surface area contributed by atoms with E-state index in [1.165, 1.54) is 24.3 Å². The number of amides is 2. The molecule has 1 aromatic rings. The van der Waals surface area contributed by atoms with E-state index in [1.54, 1.807) is 0 Å². The number of primary sulfonamides is 1. The second-order valence-corrected chi connectivity index (χ2v) is 10.8. The van der Waals surface area contributed by atoms with E-state index in [0.29, 0.717) is 50.0 Å². The van der Waals surface area contributed by atoms with Gasteiger partial charge in [-0.2, -0.15) is 0 Å². The average molecular weight is 453 g/mol. The number of hydrogen-bond acceptors (Lipinski definition) is 5. The van der Waals surface area contributed by atoms with Crippen molar-refractivity contribution < 1.29 is 18.0 Å². The van der Waals surface area contributed by atoms with Crippen molar-refractivity contribution in [3.05, 3.63) is 24.3 Å². The number of nitrogens with zero attached hydrogens (tertiary/aromatic N) is 2. The van der Waals surface area contributed by atoms with Gasteiger partial charge in [-0.15, -0.1) is 0 Å². The summed E-state index contributed by atoms with van der Waals surface area (Å²) >= 11 is 0. The highest BCUT2D eigenvalue weighted by molar-refractivity contribution is 7.89. The third-order valence-electron chi connectivity index (χ3n) is 5.29. The van der Waals surface area contributed by atoms with Gasteiger partial charge in [-0.3, -0.25) is 14.5 Å². The van der Waals surface area contributed by atoms with Crippen molar-refractivity contribution in [2.75, 3.05) is 38.0 Å². The number of carbonyl (C=O) groups is 2. The Hall–Kier alpha value is -1.97. The maximum Gasteiger partial charge on any atom is 0.238 e. The lowest BCUT2D eigenvalue weighted by molar-refractivity contribution is -0.134. The number of likely N-dealkylation sites (tertiary alicyclic amines) is 1. The van der Waals surface area contributed by atoms with Gasteiger partial charge in [0.05, 0.1) is 11.4 Å². The summed E-state index contributed by atoms with van der Waals surface area (Å²) in [6, 6.07) is 5.81. The van der Waals surface area contributed by atoms with Crippen LogP contribution in [0, 0.1) is 17.8 Å². The first-order valence-electron chi connectivity index (χ1n) is 10.9. The fourth-order valence-corrected chi connectivity index (χ4v) is 4.29. The number of benzene rings is 1. The van der Waals surface area contributed by atoms with Gasteiger partial charge in [-0.05, 0) is 62.0 Å². The molecule has 31 heavy (non-hydrogen) atoms. The van der Waals surface area contributed by atoms with Gasteiger partial charge in [0, 0.05) is 24.7 Å². The molecule has 1 aliphatic rings. The van der Waals surface area contributed by atoms with Gasteiger partial charge in [0.2, 0.25) is 21.8 Å². The quantitative estimate of drug-likeness (QED) is 0.596. The average Bonchev–Trinajstić information content (AvgIpc) is 2.67. The number of sulfonamides is 1. The number of hydrogen-bond donors (Lipinski definition) is 2. The lowest BCUT2D eigenvalue weighted by Gasteiger charge is -2.33. The minimum absolute atomic E-state index is 0.00690. The van der Waals surface area contributed by atoms with E-state index in [0.717, 1.165) is 13.1 Å². The highest BCUT2D eigenvalue weighted by Gasteiger charge is 2.27. The second kappa shape index (κ2) is 11.1. The van der Waals surface area contributed by atoms with E-state index in [2.05, 4.69) is 37.9 Å². The molecule has 1 heterocycles. The first-order chi connectivity index (χ1) is 14.5. The van der Waals surface area contributed by atoms with Gasteiger partial charge < -0.3 is 10.2 Å². The third-order valence-corrected chi connectivity index (χ3v) is 6.22. The van der Waals surface area contributed by atoms with Gasteiger partial charge in [0.1, 0.15) is 0 Å². The van der Waals surface area contributed by atoms with E-state index < -0.39 is 10.0 Å². The lowest BCUT2D eigenvalue weighted by Crippen LogP contribution is -2.46. The van der Waals surface area contributed by atoms with E-state index >= 15 is 0 Å². The van der Waals surface area contributed by atoms with Gasteiger partial charge in [0.25, 0.3) is 0 Å². The van der Waals surface area contributed by atoms with Crippen LogP contribution in [0.15, 0.2) is 29.2 Å². The zero-order valence-corrected chi connectivity index (χ0v) is 19.8. The van der Waals surface area contributed by atoms with Gasteiger partial charge in [-0.25, -0.2) is 13.6 Å². The molecule has 0 radical (unpaired) electrons. The van der Waals surface area contributed by atoms with E-state index in [9.17, 15) is 18.0 Å². The van der Waals surface area contributed by atoms with Gasteiger partial charge >= 0.3 is 0 Å². The fourth-order valence-electron chi connectivity index (χ4n) is 3.78. The number of nitrogens with two attached hydrogens (primary N) is 1. The summed E-state index contributed by atoms with van der Waals surface area (Å²) < 4.78 is 22.7. The summed E-state index contributed by atoms with van der Waals surface area (Å²) in [5.41, 5.74) is 0.535. The number of piperidine rings is 1. The number of rotatable bonds is 9. The molecule has 9 heteroatoms. The largest absolute Gasteiger partial charge is 0.341 e. The first-order valence-corrected chi connectivity index (χ1v) is 12.4. The van der Waals surface area contributed by atoms with Crippen LogP contribution in [0.25, 0.3) is 0 Å². The Morgan fingerprint density at radius 2 is 1.58 bits per heavy atom. The highest BCUT2D eigenvalue weighted by atomic mass is 32.2. The third kappa shape index (κ3) is 8.23. The molecule has 0 saturated carbocycles. The van der Waals surface area contributed by atoms with E-state index in [-0.39, 0.29) is 22.6 Å². The minimum Gasteiger partial charge on any atom is -0.341 e. The van der Waals surface area contributed by atoms with Crippen LogP contribution < -0.4 is 10.5 Å². The van der Waals surface area contributed by atoms with Crippen LogP contribution >= 0.6 is 0 Å². The Morgan fingerprint density at radius 3 is 2.03 bits per heavy atom. The fraction of sp³-hybridized carbons (Fsp3) is 0.636. The molecule has 0 atom stereocenters. The Labute approximate surface area is 186 Å². The number of carbonyl (C=O) groups excluding carboxylic acids is 2. The van der Waals surface area contributed by atoms with Crippen LogP contribution in [0.1, 0.15) is 40.5 Å². The zero-order chi connectivity index (χ0) is 23.2. The molecule has 1 fully saturated rings. The molecule has 0 spiro atoms. The molecule has 8 nitrogen and oxygen atoms in total. The molecule has 174 valence electrons. The normalized spacial score (nSPS) is 16.0. The summed E-state index contributed by atoms with van der Waals surface area (Å²) in [5.74, 6) is 0.787. The van der Waals surface area contributed by atoms with E-state index in [4.69, 9.17) is 5.14 Å². The van der Waals surface area contributed by atoms with Crippen molar-refractivity contribution in [3.8, 4) is 0 Å². The molecule has 0 unspecified atom stereocenters. The molecule has 3 N–H and O–H groups in total. The van der Waals surface area contributed by atoms with Crippen LogP contribution in [0.5, 0.6) is 0 Å². The van der Waals surface area contributed by atoms with Crippen LogP contribution in [0.2, 0.25) is 0 Å². The predicted molar refractivity (Wildman–Crippen MR) is 122 cm³/mol. The Morgan fingerprint density at radius 1 is 1.06 bits per heavy atom. The van der Waals surface area contributed by atoms with Crippen LogP contribution in [0.3, 0.4) is 0 Å². The Kier molecular flexibility index (Phi) is 9.02. The Bertz CT molecular complexity index is 835. The van der Waals surface area contributed by atoms with Crippen LogP contribution in [-0.2, 0) is 19.6 Å². The molecule has 1 aromatic carbocycles. The zero-order valence-electron chi connectivity index (χ0n) is 19.0. The first kappa shape index (κ1) is 25.3. The van der Waals surface area contributed by atoms with Crippen molar-refractivity contribution in [3.63, 3.8) is 0 Å². The van der Waals surface area contributed by atoms with Gasteiger partial charge in [0.15, 0.2) is 0 Å². The molecule has 1 saturated heterocycles. The number of nitrogens with one attached hydrogen (secondary N) is 1. The summed E-state index contributed by atoms with van der Waals surface area (Å²) in [6.07, 6.45) is 1.37. The summed E-state index contributed by atoms with van der Waals surface area (Å²) in [5, 5.41) is 7.93. The minimum atomic E-state index is -3.75.